The standard InChI is InChI=1S/C14H21N5/c1-11-4-3-5-12-17-13(18-19(11)12)16-10-14(2)6-8-15-9-7-14/h3-5,15H,6-10H2,1-2H3,(H,16,18). The van der Waals surface area contributed by atoms with Crippen LogP contribution in [0.3, 0.4) is 0 Å². The summed E-state index contributed by atoms with van der Waals surface area (Å²) in [6.07, 6.45) is 2.40. The van der Waals surface area contributed by atoms with Crippen LogP contribution in [0.2, 0.25) is 0 Å². The van der Waals surface area contributed by atoms with Gasteiger partial charge in [0.15, 0.2) is 5.65 Å². The minimum Gasteiger partial charge on any atom is -0.352 e. The number of nitrogens with one attached hydrogen (secondary N) is 2. The van der Waals surface area contributed by atoms with E-state index < -0.39 is 0 Å². The highest BCUT2D eigenvalue weighted by Crippen LogP contribution is 2.27. The molecule has 1 fully saturated rings. The summed E-state index contributed by atoms with van der Waals surface area (Å²) in [5, 5.41) is 11.3. The Labute approximate surface area is 113 Å². The van der Waals surface area contributed by atoms with E-state index in [-0.39, 0.29) is 0 Å². The van der Waals surface area contributed by atoms with Crippen LogP contribution in [0.4, 0.5) is 5.95 Å². The zero-order chi connectivity index (χ0) is 13.3. The summed E-state index contributed by atoms with van der Waals surface area (Å²) in [7, 11) is 0. The maximum absolute atomic E-state index is 4.51. The van der Waals surface area contributed by atoms with Gasteiger partial charge in [0, 0.05) is 12.2 Å². The normalized spacial score (nSPS) is 18.6. The second-order valence-electron chi connectivity index (χ2n) is 5.79. The van der Waals surface area contributed by atoms with E-state index in [9.17, 15) is 0 Å². The number of pyridine rings is 1. The molecule has 0 bridgehead atoms. The van der Waals surface area contributed by atoms with Crippen LogP contribution in [0.5, 0.6) is 0 Å². The summed E-state index contributed by atoms with van der Waals surface area (Å²) >= 11 is 0. The van der Waals surface area contributed by atoms with Crippen molar-refractivity contribution in [3.8, 4) is 0 Å². The largest absolute Gasteiger partial charge is 0.352 e. The maximum Gasteiger partial charge on any atom is 0.243 e. The van der Waals surface area contributed by atoms with Gasteiger partial charge in [0.1, 0.15) is 0 Å². The van der Waals surface area contributed by atoms with Crippen molar-refractivity contribution in [2.24, 2.45) is 5.41 Å². The molecule has 102 valence electrons. The maximum atomic E-state index is 4.51. The second-order valence-corrected chi connectivity index (χ2v) is 5.79. The molecular formula is C14H21N5. The van der Waals surface area contributed by atoms with E-state index in [4.69, 9.17) is 0 Å². The zero-order valence-electron chi connectivity index (χ0n) is 11.6. The van der Waals surface area contributed by atoms with E-state index in [1.54, 1.807) is 0 Å². The number of fused-ring (bicyclic) bond motifs is 1. The lowest BCUT2D eigenvalue weighted by Crippen LogP contribution is -2.39. The van der Waals surface area contributed by atoms with E-state index in [0.29, 0.717) is 5.41 Å². The summed E-state index contributed by atoms with van der Waals surface area (Å²) in [6.45, 7) is 7.53. The predicted molar refractivity (Wildman–Crippen MR) is 76.4 cm³/mol. The summed E-state index contributed by atoms with van der Waals surface area (Å²) in [5.74, 6) is 0.731. The Balaban J connectivity index is 1.73. The topological polar surface area (TPSA) is 54.2 Å². The first-order chi connectivity index (χ1) is 9.16. The highest BCUT2D eigenvalue weighted by molar-refractivity contribution is 5.44. The van der Waals surface area contributed by atoms with Gasteiger partial charge in [0.25, 0.3) is 0 Å². The monoisotopic (exact) mass is 259 g/mol. The molecule has 1 saturated heterocycles. The van der Waals surface area contributed by atoms with Gasteiger partial charge in [-0.1, -0.05) is 13.0 Å². The molecule has 0 radical (unpaired) electrons. The first kappa shape index (κ1) is 12.4. The van der Waals surface area contributed by atoms with Gasteiger partial charge in [0.2, 0.25) is 5.95 Å². The summed E-state index contributed by atoms with van der Waals surface area (Å²) in [4.78, 5) is 4.51. The predicted octanol–water partition coefficient (Wildman–Crippen LogP) is 1.84. The molecule has 3 heterocycles. The number of nitrogens with zero attached hydrogens (tertiary/aromatic N) is 3. The SMILES string of the molecule is Cc1cccc2nc(NCC3(C)CCNCC3)nn12. The molecule has 2 aromatic heterocycles. The van der Waals surface area contributed by atoms with Crippen molar-refractivity contribution in [3.05, 3.63) is 23.9 Å². The first-order valence-electron chi connectivity index (χ1n) is 6.93. The lowest BCUT2D eigenvalue weighted by atomic mass is 9.81. The number of hydrogen-bond acceptors (Lipinski definition) is 4. The fourth-order valence-corrected chi connectivity index (χ4v) is 2.61. The second kappa shape index (κ2) is 4.81. The Morgan fingerprint density at radius 3 is 2.89 bits per heavy atom. The zero-order valence-corrected chi connectivity index (χ0v) is 11.6. The fraction of sp³-hybridized carbons (Fsp3) is 0.571. The Morgan fingerprint density at radius 1 is 1.37 bits per heavy atom. The fourth-order valence-electron chi connectivity index (χ4n) is 2.61. The molecule has 0 saturated carbocycles. The molecule has 5 heteroatoms. The minimum absolute atomic E-state index is 0.345. The number of anilines is 1. The lowest BCUT2D eigenvalue weighted by molar-refractivity contribution is 0.247. The molecular weight excluding hydrogens is 238 g/mol. The summed E-state index contributed by atoms with van der Waals surface area (Å²) in [6, 6.07) is 6.04. The first-order valence-corrected chi connectivity index (χ1v) is 6.93. The number of aromatic nitrogens is 3. The number of rotatable bonds is 3. The van der Waals surface area contributed by atoms with E-state index >= 15 is 0 Å². The van der Waals surface area contributed by atoms with E-state index in [1.165, 1.54) is 12.8 Å². The van der Waals surface area contributed by atoms with Gasteiger partial charge in [-0.05, 0) is 50.4 Å². The number of piperidine rings is 1. The van der Waals surface area contributed by atoms with Crippen LogP contribution in [0.1, 0.15) is 25.5 Å². The van der Waals surface area contributed by atoms with Gasteiger partial charge in [-0.3, -0.25) is 0 Å². The lowest BCUT2D eigenvalue weighted by Gasteiger charge is -2.33. The Kier molecular flexibility index (Phi) is 3.14. The van der Waals surface area contributed by atoms with E-state index in [0.717, 1.165) is 36.9 Å². The molecule has 0 unspecified atom stereocenters. The van der Waals surface area contributed by atoms with Crippen LogP contribution >= 0.6 is 0 Å². The van der Waals surface area contributed by atoms with Crippen molar-refractivity contribution in [2.45, 2.75) is 26.7 Å². The van der Waals surface area contributed by atoms with Crippen LogP contribution in [0.15, 0.2) is 18.2 Å². The third kappa shape index (κ3) is 2.56. The van der Waals surface area contributed by atoms with E-state index in [1.807, 2.05) is 29.6 Å². The third-order valence-corrected chi connectivity index (χ3v) is 4.03. The van der Waals surface area contributed by atoms with Gasteiger partial charge in [-0.2, -0.15) is 4.98 Å². The molecule has 0 amide bonds. The molecule has 0 spiro atoms. The van der Waals surface area contributed by atoms with Gasteiger partial charge in [0.05, 0.1) is 0 Å². The van der Waals surface area contributed by atoms with Crippen molar-refractivity contribution in [1.29, 1.82) is 0 Å². The van der Waals surface area contributed by atoms with Gasteiger partial charge >= 0.3 is 0 Å². The number of aryl methyl sites for hydroxylation is 1. The van der Waals surface area contributed by atoms with Gasteiger partial charge in [-0.15, -0.1) is 5.10 Å². The van der Waals surface area contributed by atoms with Crippen molar-refractivity contribution >= 4 is 11.6 Å². The van der Waals surface area contributed by atoms with Gasteiger partial charge < -0.3 is 10.6 Å². The van der Waals surface area contributed by atoms with Crippen LogP contribution in [-0.2, 0) is 0 Å². The average Bonchev–Trinajstić information content (AvgIpc) is 2.82. The average molecular weight is 259 g/mol. The van der Waals surface area contributed by atoms with Crippen LogP contribution in [-0.4, -0.2) is 34.2 Å². The van der Waals surface area contributed by atoms with Crippen molar-refractivity contribution in [3.63, 3.8) is 0 Å². The van der Waals surface area contributed by atoms with Crippen molar-refractivity contribution < 1.29 is 0 Å². The molecule has 0 aromatic carbocycles. The molecule has 0 aliphatic carbocycles. The third-order valence-electron chi connectivity index (χ3n) is 4.03. The molecule has 2 aromatic rings. The highest BCUT2D eigenvalue weighted by Gasteiger charge is 2.26. The summed E-state index contributed by atoms with van der Waals surface area (Å²) < 4.78 is 1.88. The molecule has 19 heavy (non-hydrogen) atoms. The van der Waals surface area contributed by atoms with Crippen molar-refractivity contribution in [2.75, 3.05) is 25.0 Å². The Bertz CT molecular complexity index is 568. The van der Waals surface area contributed by atoms with Crippen LogP contribution in [0, 0.1) is 12.3 Å². The Hall–Kier alpha value is -1.62. The highest BCUT2D eigenvalue weighted by atomic mass is 15.3. The molecule has 5 nitrogen and oxygen atoms in total. The van der Waals surface area contributed by atoms with Crippen molar-refractivity contribution in [1.82, 2.24) is 19.9 Å². The van der Waals surface area contributed by atoms with Crippen LogP contribution < -0.4 is 10.6 Å². The molecule has 0 atom stereocenters. The number of hydrogen-bond donors (Lipinski definition) is 2. The molecule has 1 aliphatic rings. The molecule has 3 rings (SSSR count). The minimum atomic E-state index is 0.345. The smallest absolute Gasteiger partial charge is 0.243 e. The Morgan fingerprint density at radius 2 is 2.16 bits per heavy atom. The van der Waals surface area contributed by atoms with Gasteiger partial charge in [-0.25, -0.2) is 4.52 Å². The van der Waals surface area contributed by atoms with Crippen LogP contribution in [0.25, 0.3) is 5.65 Å². The summed E-state index contributed by atoms with van der Waals surface area (Å²) in [5.41, 5.74) is 2.35. The molecule has 1 aliphatic heterocycles. The molecule has 2 N–H and O–H groups in total. The van der Waals surface area contributed by atoms with E-state index in [2.05, 4.69) is 27.6 Å². The quantitative estimate of drug-likeness (QED) is 0.883.